The van der Waals surface area contributed by atoms with E-state index in [9.17, 15) is 18.3 Å². The zero-order valence-electron chi connectivity index (χ0n) is 12.0. The predicted octanol–water partition coefficient (Wildman–Crippen LogP) is 1.17. The van der Waals surface area contributed by atoms with Gasteiger partial charge in [0, 0.05) is 5.69 Å². The topological polar surface area (TPSA) is 95.5 Å². The number of carbonyl (C=O) groups is 1. The van der Waals surface area contributed by atoms with E-state index in [4.69, 9.17) is 4.74 Å². The first-order chi connectivity index (χ1) is 10.3. The van der Waals surface area contributed by atoms with Crippen LogP contribution in [0.1, 0.15) is 15.9 Å². The molecule has 0 aliphatic heterocycles. The third kappa shape index (κ3) is 3.37. The van der Waals surface area contributed by atoms with Gasteiger partial charge in [0.25, 0.3) is 10.0 Å². The third-order valence-corrected chi connectivity index (χ3v) is 4.40. The number of ether oxygens (including phenoxy) is 1. The fourth-order valence-corrected chi connectivity index (χ4v) is 3.10. The highest BCUT2D eigenvalue weighted by Crippen LogP contribution is 2.27. The zero-order chi connectivity index (χ0) is 16.3. The van der Waals surface area contributed by atoms with Crippen LogP contribution in [0.15, 0.2) is 47.4 Å². The van der Waals surface area contributed by atoms with Crippen LogP contribution < -0.4 is 14.6 Å². The summed E-state index contributed by atoms with van der Waals surface area (Å²) < 4.78 is 32.2. The van der Waals surface area contributed by atoms with Crippen LogP contribution in [0.2, 0.25) is 0 Å². The summed E-state index contributed by atoms with van der Waals surface area (Å²) in [5, 5.41) is 10.9. The van der Waals surface area contributed by atoms with E-state index in [1.54, 1.807) is 24.3 Å². The van der Waals surface area contributed by atoms with Gasteiger partial charge < -0.3 is 14.6 Å². The van der Waals surface area contributed by atoms with E-state index < -0.39 is 16.0 Å². The minimum absolute atomic E-state index is 0.0459. The lowest BCUT2D eigenvalue weighted by Crippen LogP contribution is -2.23. The standard InChI is InChI=1S/C15H15NO5S/c1-10-3-6-12(7-4-10)16-22(19,20)14-9-11(15(17)18)5-8-13(14)21-2/h3-9,16H,1-2H3,(H,17,18)/p-1. The zero-order valence-corrected chi connectivity index (χ0v) is 12.8. The first kappa shape index (κ1) is 15.8. The molecule has 0 aliphatic carbocycles. The van der Waals surface area contributed by atoms with Gasteiger partial charge in [-0.3, -0.25) is 4.72 Å². The molecule has 0 saturated heterocycles. The van der Waals surface area contributed by atoms with E-state index in [0.717, 1.165) is 11.6 Å². The van der Waals surface area contributed by atoms with Gasteiger partial charge >= 0.3 is 0 Å². The van der Waals surface area contributed by atoms with Crippen molar-refractivity contribution in [1.29, 1.82) is 0 Å². The first-order valence-electron chi connectivity index (χ1n) is 6.32. The van der Waals surface area contributed by atoms with E-state index in [-0.39, 0.29) is 16.2 Å². The smallest absolute Gasteiger partial charge is 0.265 e. The molecule has 0 fully saturated rings. The third-order valence-electron chi connectivity index (χ3n) is 2.99. The molecule has 0 bridgehead atoms. The molecule has 1 N–H and O–H groups in total. The molecule has 7 heteroatoms. The maximum absolute atomic E-state index is 12.4. The number of nitrogens with one attached hydrogen (secondary N) is 1. The summed E-state index contributed by atoms with van der Waals surface area (Å²) in [6.07, 6.45) is 0. The van der Waals surface area contributed by atoms with E-state index in [1.165, 1.54) is 19.2 Å². The number of aromatic carboxylic acids is 1. The molecule has 2 aromatic carbocycles. The van der Waals surface area contributed by atoms with Crippen molar-refractivity contribution in [2.75, 3.05) is 11.8 Å². The lowest BCUT2D eigenvalue weighted by Gasteiger charge is -2.13. The van der Waals surface area contributed by atoms with Crippen molar-refractivity contribution in [3.63, 3.8) is 0 Å². The number of benzene rings is 2. The summed E-state index contributed by atoms with van der Waals surface area (Å²) in [5.41, 5.74) is 1.11. The molecular formula is C15H14NO5S-. The number of carboxylic acid groups (broad SMARTS) is 1. The highest BCUT2D eigenvalue weighted by Gasteiger charge is 2.20. The molecule has 0 atom stereocenters. The van der Waals surface area contributed by atoms with E-state index in [1.807, 2.05) is 6.92 Å². The number of sulfonamides is 1. The van der Waals surface area contributed by atoms with Crippen LogP contribution in [0, 0.1) is 6.92 Å². The summed E-state index contributed by atoms with van der Waals surface area (Å²) in [7, 11) is -2.69. The number of hydrogen-bond donors (Lipinski definition) is 1. The van der Waals surface area contributed by atoms with Gasteiger partial charge in [-0.1, -0.05) is 17.7 Å². The number of hydrogen-bond acceptors (Lipinski definition) is 5. The normalized spacial score (nSPS) is 11.0. The van der Waals surface area contributed by atoms with Crippen LogP contribution in [0.25, 0.3) is 0 Å². The Kier molecular flexibility index (Phi) is 4.37. The van der Waals surface area contributed by atoms with Crippen LogP contribution in [-0.2, 0) is 10.0 Å². The average Bonchev–Trinajstić information content (AvgIpc) is 2.48. The highest BCUT2D eigenvalue weighted by atomic mass is 32.2. The SMILES string of the molecule is COc1ccc(C(=O)[O-])cc1S(=O)(=O)Nc1ccc(C)cc1. The van der Waals surface area contributed by atoms with Crippen molar-refractivity contribution >= 4 is 21.7 Å². The molecule has 0 heterocycles. The van der Waals surface area contributed by atoms with Crippen molar-refractivity contribution in [3.05, 3.63) is 53.6 Å². The number of aryl methyl sites for hydroxylation is 1. The highest BCUT2D eigenvalue weighted by molar-refractivity contribution is 7.92. The van der Waals surface area contributed by atoms with Gasteiger partial charge in [0.1, 0.15) is 10.6 Å². The van der Waals surface area contributed by atoms with Crippen molar-refractivity contribution < 1.29 is 23.1 Å². The Bertz CT molecular complexity index is 797. The lowest BCUT2D eigenvalue weighted by atomic mass is 10.2. The van der Waals surface area contributed by atoms with Gasteiger partial charge in [0.2, 0.25) is 0 Å². The summed E-state index contributed by atoms with van der Waals surface area (Å²) in [6.45, 7) is 1.88. The summed E-state index contributed by atoms with van der Waals surface area (Å²) >= 11 is 0. The lowest BCUT2D eigenvalue weighted by molar-refractivity contribution is -0.255. The Balaban J connectivity index is 2.45. The summed E-state index contributed by atoms with van der Waals surface area (Å²) in [4.78, 5) is 10.6. The monoisotopic (exact) mass is 320 g/mol. The quantitative estimate of drug-likeness (QED) is 0.892. The molecule has 116 valence electrons. The number of anilines is 1. The van der Waals surface area contributed by atoms with Crippen molar-refractivity contribution in [2.24, 2.45) is 0 Å². The Hall–Kier alpha value is -2.54. The number of carboxylic acids is 1. The Morgan fingerprint density at radius 3 is 2.32 bits per heavy atom. The fraction of sp³-hybridized carbons (Fsp3) is 0.133. The molecule has 2 aromatic rings. The molecule has 6 nitrogen and oxygen atoms in total. The van der Waals surface area contributed by atoms with E-state index in [0.29, 0.717) is 5.69 Å². The second-order valence-corrected chi connectivity index (χ2v) is 6.28. The molecule has 0 saturated carbocycles. The summed E-state index contributed by atoms with van der Waals surface area (Å²) in [5.74, 6) is -1.42. The molecule has 0 aliphatic rings. The van der Waals surface area contributed by atoms with Crippen LogP contribution in [0.5, 0.6) is 5.75 Å². The minimum atomic E-state index is -3.99. The Labute approximate surface area is 128 Å². The molecule has 0 aromatic heterocycles. The Morgan fingerprint density at radius 1 is 1.14 bits per heavy atom. The van der Waals surface area contributed by atoms with Crippen LogP contribution >= 0.6 is 0 Å². The molecule has 2 rings (SSSR count). The van der Waals surface area contributed by atoms with Crippen LogP contribution in [0.3, 0.4) is 0 Å². The maximum atomic E-state index is 12.4. The predicted molar refractivity (Wildman–Crippen MR) is 79.3 cm³/mol. The fourth-order valence-electron chi connectivity index (χ4n) is 1.85. The van der Waals surface area contributed by atoms with Crippen LogP contribution in [-0.4, -0.2) is 21.5 Å². The van der Waals surface area contributed by atoms with Crippen LogP contribution in [0.4, 0.5) is 5.69 Å². The van der Waals surface area contributed by atoms with E-state index >= 15 is 0 Å². The minimum Gasteiger partial charge on any atom is -0.545 e. The molecule has 0 unspecified atom stereocenters. The summed E-state index contributed by atoms with van der Waals surface area (Å²) in [6, 6.07) is 10.2. The van der Waals surface area contributed by atoms with Gasteiger partial charge in [0.15, 0.2) is 0 Å². The Morgan fingerprint density at radius 2 is 1.77 bits per heavy atom. The number of carbonyl (C=O) groups excluding carboxylic acids is 1. The van der Waals surface area contributed by atoms with Gasteiger partial charge in [-0.2, -0.15) is 0 Å². The first-order valence-corrected chi connectivity index (χ1v) is 7.80. The van der Waals surface area contributed by atoms with Crippen molar-refractivity contribution in [1.82, 2.24) is 0 Å². The molecule has 22 heavy (non-hydrogen) atoms. The second kappa shape index (κ2) is 6.07. The van der Waals surface area contributed by atoms with Gasteiger partial charge in [-0.05, 0) is 42.8 Å². The maximum Gasteiger partial charge on any atom is 0.265 e. The number of rotatable bonds is 5. The van der Waals surface area contributed by atoms with E-state index in [2.05, 4.69) is 4.72 Å². The van der Waals surface area contributed by atoms with Gasteiger partial charge in [-0.15, -0.1) is 0 Å². The largest absolute Gasteiger partial charge is 0.545 e. The average molecular weight is 320 g/mol. The van der Waals surface area contributed by atoms with Crippen molar-refractivity contribution in [2.45, 2.75) is 11.8 Å². The molecule has 0 radical (unpaired) electrons. The number of methoxy groups -OCH3 is 1. The molecular weight excluding hydrogens is 306 g/mol. The second-order valence-electron chi connectivity index (χ2n) is 4.62. The van der Waals surface area contributed by atoms with Gasteiger partial charge in [-0.25, -0.2) is 8.42 Å². The van der Waals surface area contributed by atoms with Gasteiger partial charge in [0.05, 0.1) is 13.1 Å². The molecule has 0 spiro atoms. The van der Waals surface area contributed by atoms with Crippen molar-refractivity contribution in [3.8, 4) is 5.75 Å². The molecule has 0 amide bonds.